The highest BCUT2D eigenvalue weighted by Gasteiger charge is 2.40. The number of Topliss-reactive ketones (excluding diaryl/α,β-unsaturated/α-hetero) is 1. The number of carbonyl (C=O) groups is 1. The van der Waals surface area contributed by atoms with E-state index in [1.54, 1.807) is 0 Å². The van der Waals surface area contributed by atoms with E-state index < -0.39 is 0 Å². The van der Waals surface area contributed by atoms with Gasteiger partial charge in [-0.15, -0.1) is 0 Å². The van der Waals surface area contributed by atoms with Crippen LogP contribution in [-0.4, -0.2) is 30.3 Å². The fourth-order valence-corrected chi connectivity index (χ4v) is 3.57. The Kier molecular flexibility index (Phi) is 4.64. The number of hydrogen-bond acceptors (Lipinski definition) is 2. The molecule has 0 radical (unpaired) electrons. The topological polar surface area (TPSA) is 20.3 Å². The standard InChI is InChI=1S/C18H27NO/c1-14-11-15(2)13-16(12-14)17(20)18(19(3)4)9-7-5-6-8-10-18/h11-13H,5-10H2,1-4H3. The van der Waals surface area contributed by atoms with Gasteiger partial charge < -0.3 is 0 Å². The molecule has 0 aromatic heterocycles. The lowest BCUT2D eigenvalue weighted by Crippen LogP contribution is -2.50. The van der Waals surface area contributed by atoms with Crippen molar-refractivity contribution in [2.45, 2.75) is 57.9 Å². The van der Waals surface area contributed by atoms with Crippen LogP contribution in [0.4, 0.5) is 0 Å². The first kappa shape index (κ1) is 15.2. The van der Waals surface area contributed by atoms with Crippen LogP contribution in [0, 0.1) is 13.8 Å². The average molecular weight is 273 g/mol. The van der Waals surface area contributed by atoms with Crippen LogP contribution < -0.4 is 0 Å². The van der Waals surface area contributed by atoms with E-state index in [9.17, 15) is 4.79 Å². The monoisotopic (exact) mass is 273 g/mol. The van der Waals surface area contributed by atoms with Crippen LogP contribution >= 0.6 is 0 Å². The summed E-state index contributed by atoms with van der Waals surface area (Å²) in [6.07, 6.45) is 6.83. The van der Waals surface area contributed by atoms with Gasteiger partial charge in [-0.2, -0.15) is 0 Å². The number of nitrogens with zero attached hydrogens (tertiary/aromatic N) is 1. The predicted molar refractivity (Wildman–Crippen MR) is 84.4 cm³/mol. The Hall–Kier alpha value is -1.15. The molecular formula is C18H27NO. The second-order valence-corrected chi connectivity index (χ2v) is 6.55. The van der Waals surface area contributed by atoms with E-state index in [4.69, 9.17) is 0 Å². The number of hydrogen-bond donors (Lipinski definition) is 0. The quantitative estimate of drug-likeness (QED) is 0.609. The molecule has 0 N–H and O–H groups in total. The normalized spacial score (nSPS) is 18.9. The minimum absolute atomic E-state index is 0.295. The lowest BCUT2D eigenvalue weighted by molar-refractivity contribution is 0.0635. The summed E-state index contributed by atoms with van der Waals surface area (Å²) in [5.74, 6) is 0.316. The van der Waals surface area contributed by atoms with Crippen molar-refractivity contribution >= 4 is 5.78 Å². The van der Waals surface area contributed by atoms with Gasteiger partial charge in [0, 0.05) is 5.56 Å². The van der Waals surface area contributed by atoms with Gasteiger partial charge in [-0.25, -0.2) is 0 Å². The Morgan fingerprint density at radius 3 is 1.90 bits per heavy atom. The second-order valence-electron chi connectivity index (χ2n) is 6.55. The van der Waals surface area contributed by atoms with E-state index in [1.807, 2.05) is 12.1 Å². The van der Waals surface area contributed by atoms with Crippen LogP contribution in [0.15, 0.2) is 18.2 Å². The molecule has 20 heavy (non-hydrogen) atoms. The van der Waals surface area contributed by atoms with E-state index in [1.165, 1.54) is 24.0 Å². The molecule has 0 unspecified atom stereocenters. The van der Waals surface area contributed by atoms with Crippen molar-refractivity contribution in [2.24, 2.45) is 0 Å². The minimum Gasteiger partial charge on any atom is -0.297 e. The Labute approximate surface area is 123 Å². The second kappa shape index (κ2) is 6.09. The van der Waals surface area contributed by atoms with E-state index in [2.05, 4.69) is 38.9 Å². The highest BCUT2D eigenvalue weighted by Crippen LogP contribution is 2.34. The molecule has 0 aliphatic heterocycles. The SMILES string of the molecule is Cc1cc(C)cc(C(=O)C2(N(C)C)CCCCCC2)c1. The van der Waals surface area contributed by atoms with Crippen LogP contribution in [-0.2, 0) is 0 Å². The van der Waals surface area contributed by atoms with Crippen molar-refractivity contribution in [3.63, 3.8) is 0 Å². The molecule has 1 aromatic carbocycles. The van der Waals surface area contributed by atoms with Crippen LogP contribution in [0.3, 0.4) is 0 Å². The van der Waals surface area contributed by atoms with Crippen molar-refractivity contribution in [3.05, 3.63) is 34.9 Å². The van der Waals surface area contributed by atoms with Gasteiger partial charge in [0.25, 0.3) is 0 Å². The summed E-state index contributed by atoms with van der Waals surface area (Å²) in [6.45, 7) is 4.14. The summed E-state index contributed by atoms with van der Waals surface area (Å²) < 4.78 is 0. The third-order valence-electron chi connectivity index (χ3n) is 4.69. The zero-order valence-electron chi connectivity index (χ0n) is 13.3. The molecule has 2 rings (SSSR count). The third-order valence-corrected chi connectivity index (χ3v) is 4.69. The van der Waals surface area contributed by atoms with Crippen molar-refractivity contribution < 1.29 is 4.79 Å². The maximum Gasteiger partial charge on any atom is 0.183 e. The molecule has 0 amide bonds. The van der Waals surface area contributed by atoms with Gasteiger partial charge in [-0.05, 0) is 52.9 Å². The minimum atomic E-state index is -0.295. The highest BCUT2D eigenvalue weighted by molar-refractivity contribution is 6.03. The summed E-state index contributed by atoms with van der Waals surface area (Å²) >= 11 is 0. The van der Waals surface area contributed by atoms with E-state index >= 15 is 0 Å². The van der Waals surface area contributed by atoms with Gasteiger partial charge in [0.2, 0.25) is 0 Å². The van der Waals surface area contributed by atoms with Gasteiger partial charge in [0.1, 0.15) is 0 Å². The predicted octanol–water partition coefficient (Wildman–Crippen LogP) is 4.14. The molecule has 110 valence electrons. The van der Waals surface area contributed by atoms with Crippen LogP contribution in [0.1, 0.15) is 60.0 Å². The lowest BCUT2D eigenvalue weighted by atomic mass is 9.81. The van der Waals surface area contributed by atoms with Gasteiger partial charge in [0.15, 0.2) is 5.78 Å². The Balaban J connectivity index is 2.40. The number of aryl methyl sites for hydroxylation is 2. The molecule has 0 bridgehead atoms. The van der Waals surface area contributed by atoms with Crippen molar-refractivity contribution in [1.29, 1.82) is 0 Å². The van der Waals surface area contributed by atoms with Crippen LogP contribution in [0.2, 0.25) is 0 Å². The molecule has 1 aliphatic rings. The summed E-state index contributed by atoms with van der Waals surface area (Å²) in [4.78, 5) is 15.3. The Morgan fingerprint density at radius 2 is 1.45 bits per heavy atom. The molecule has 0 saturated heterocycles. The number of rotatable bonds is 3. The number of ketones is 1. The number of likely N-dealkylation sites (N-methyl/N-ethyl adjacent to an activating group) is 1. The largest absolute Gasteiger partial charge is 0.297 e. The van der Waals surface area contributed by atoms with Gasteiger partial charge >= 0.3 is 0 Å². The van der Waals surface area contributed by atoms with Gasteiger partial charge in [-0.3, -0.25) is 9.69 Å². The zero-order valence-corrected chi connectivity index (χ0v) is 13.3. The third kappa shape index (κ3) is 2.95. The molecule has 0 heterocycles. The maximum absolute atomic E-state index is 13.2. The molecule has 1 saturated carbocycles. The lowest BCUT2D eigenvalue weighted by Gasteiger charge is -2.38. The molecule has 0 atom stereocenters. The zero-order chi connectivity index (χ0) is 14.8. The van der Waals surface area contributed by atoms with Crippen molar-refractivity contribution in [2.75, 3.05) is 14.1 Å². The van der Waals surface area contributed by atoms with E-state index in [0.717, 1.165) is 31.2 Å². The first-order chi connectivity index (χ1) is 9.45. The summed E-state index contributed by atoms with van der Waals surface area (Å²) in [5, 5.41) is 0. The first-order valence-corrected chi connectivity index (χ1v) is 7.76. The van der Waals surface area contributed by atoms with Gasteiger partial charge in [-0.1, -0.05) is 42.9 Å². The fraction of sp³-hybridized carbons (Fsp3) is 0.611. The molecule has 2 heteroatoms. The Bertz CT molecular complexity index is 462. The molecule has 2 nitrogen and oxygen atoms in total. The van der Waals surface area contributed by atoms with E-state index in [0.29, 0.717) is 5.78 Å². The molecule has 1 fully saturated rings. The molecular weight excluding hydrogens is 246 g/mol. The highest BCUT2D eigenvalue weighted by atomic mass is 16.1. The number of benzene rings is 1. The summed E-state index contributed by atoms with van der Waals surface area (Å²) in [7, 11) is 4.12. The van der Waals surface area contributed by atoms with Crippen LogP contribution in [0.5, 0.6) is 0 Å². The number of carbonyl (C=O) groups excluding carboxylic acids is 1. The summed E-state index contributed by atoms with van der Waals surface area (Å²) in [6, 6.07) is 6.23. The average Bonchev–Trinajstić information content (AvgIpc) is 2.63. The molecule has 1 aromatic rings. The van der Waals surface area contributed by atoms with Gasteiger partial charge in [0.05, 0.1) is 5.54 Å². The maximum atomic E-state index is 13.2. The smallest absolute Gasteiger partial charge is 0.183 e. The first-order valence-electron chi connectivity index (χ1n) is 7.76. The molecule has 0 spiro atoms. The summed E-state index contributed by atoms with van der Waals surface area (Å²) in [5.41, 5.74) is 2.95. The molecule has 1 aliphatic carbocycles. The van der Waals surface area contributed by atoms with Crippen molar-refractivity contribution in [1.82, 2.24) is 4.90 Å². The van der Waals surface area contributed by atoms with Crippen LogP contribution in [0.25, 0.3) is 0 Å². The van der Waals surface area contributed by atoms with Crippen molar-refractivity contribution in [3.8, 4) is 0 Å². The fourth-order valence-electron chi connectivity index (χ4n) is 3.57. The van der Waals surface area contributed by atoms with E-state index in [-0.39, 0.29) is 5.54 Å². The Morgan fingerprint density at radius 1 is 0.950 bits per heavy atom.